The fraction of sp³-hybridized carbons (Fsp3) is 0.750. The molecule has 6 heteroatoms. The fourth-order valence-corrected chi connectivity index (χ4v) is 2.03. The summed E-state index contributed by atoms with van der Waals surface area (Å²) < 4.78 is 0. The van der Waals surface area contributed by atoms with Crippen LogP contribution in [0.25, 0.3) is 0 Å². The van der Waals surface area contributed by atoms with Gasteiger partial charge < -0.3 is 15.5 Å². The SMILES string of the molecule is CCCNc1nc(NC)nc(N2CCCCC2)n1. The minimum absolute atomic E-state index is 0.629. The van der Waals surface area contributed by atoms with Crippen LogP contribution in [-0.2, 0) is 0 Å². The molecule has 2 heterocycles. The van der Waals surface area contributed by atoms with Gasteiger partial charge in [0.05, 0.1) is 0 Å². The average molecular weight is 250 g/mol. The van der Waals surface area contributed by atoms with Crippen LogP contribution in [0.4, 0.5) is 17.8 Å². The number of nitrogens with one attached hydrogen (secondary N) is 2. The third-order valence-electron chi connectivity index (χ3n) is 3.02. The van der Waals surface area contributed by atoms with E-state index >= 15 is 0 Å². The molecule has 1 aliphatic rings. The molecule has 2 N–H and O–H groups in total. The fourth-order valence-electron chi connectivity index (χ4n) is 2.03. The van der Waals surface area contributed by atoms with Gasteiger partial charge in [-0.05, 0) is 25.7 Å². The van der Waals surface area contributed by atoms with E-state index in [1.807, 2.05) is 7.05 Å². The van der Waals surface area contributed by atoms with Gasteiger partial charge >= 0.3 is 0 Å². The Hall–Kier alpha value is -1.59. The summed E-state index contributed by atoms with van der Waals surface area (Å²) in [4.78, 5) is 15.5. The van der Waals surface area contributed by atoms with Crippen molar-refractivity contribution in [3.63, 3.8) is 0 Å². The summed E-state index contributed by atoms with van der Waals surface area (Å²) in [5.74, 6) is 2.08. The van der Waals surface area contributed by atoms with Gasteiger partial charge in [0.2, 0.25) is 17.8 Å². The predicted molar refractivity (Wildman–Crippen MR) is 74.2 cm³/mol. The summed E-state index contributed by atoms with van der Waals surface area (Å²) in [7, 11) is 1.83. The second-order valence-electron chi connectivity index (χ2n) is 4.51. The first kappa shape index (κ1) is 12.9. The normalized spacial score (nSPS) is 15.6. The summed E-state index contributed by atoms with van der Waals surface area (Å²) in [6.07, 6.45) is 4.80. The molecule has 1 saturated heterocycles. The molecule has 0 aliphatic carbocycles. The van der Waals surface area contributed by atoms with Crippen molar-refractivity contribution < 1.29 is 0 Å². The minimum Gasteiger partial charge on any atom is -0.357 e. The molecule has 100 valence electrons. The highest BCUT2D eigenvalue weighted by Gasteiger charge is 2.15. The van der Waals surface area contributed by atoms with Crippen molar-refractivity contribution in [3.8, 4) is 0 Å². The Morgan fingerprint density at radius 3 is 2.44 bits per heavy atom. The molecule has 1 fully saturated rings. The molecule has 0 amide bonds. The summed E-state index contributed by atoms with van der Waals surface area (Å²) in [5.41, 5.74) is 0. The Bertz CT molecular complexity index is 375. The van der Waals surface area contributed by atoms with Crippen molar-refractivity contribution >= 4 is 17.8 Å². The zero-order valence-electron chi connectivity index (χ0n) is 11.2. The van der Waals surface area contributed by atoms with Gasteiger partial charge in [0.1, 0.15) is 0 Å². The molecule has 0 saturated carbocycles. The lowest BCUT2D eigenvalue weighted by molar-refractivity contribution is 0.568. The first-order valence-corrected chi connectivity index (χ1v) is 6.76. The number of anilines is 3. The van der Waals surface area contributed by atoms with E-state index in [9.17, 15) is 0 Å². The van der Waals surface area contributed by atoms with Crippen LogP contribution in [0, 0.1) is 0 Å². The molecular formula is C12H22N6. The highest BCUT2D eigenvalue weighted by Crippen LogP contribution is 2.18. The van der Waals surface area contributed by atoms with Crippen molar-refractivity contribution in [2.24, 2.45) is 0 Å². The first-order chi connectivity index (χ1) is 8.83. The van der Waals surface area contributed by atoms with Crippen LogP contribution in [0.2, 0.25) is 0 Å². The maximum absolute atomic E-state index is 4.50. The monoisotopic (exact) mass is 250 g/mol. The third kappa shape index (κ3) is 3.21. The van der Waals surface area contributed by atoms with E-state index in [1.165, 1.54) is 19.3 Å². The molecule has 0 radical (unpaired) electrons. The van der Waals surface area contributed by atoms with Gasteiger partial charge in [-0.1, -0.05) is 6.92 Å². The molecule has 0 unspecified atom stereocenters. The highest BCUT2D eigenvalue weighted by molar-refractivity contribution is 5.43. The number of rotatable bonds is 5. The predicted octanol–water partition coefficient (Wildman–Crippen LogP) is 1.73. The quantitative estimate of drug-likeness (QED) is 0.829. The Kier molecular flexibility index (Phi) is 4.55. The van der Waals surface area contributed by atoms with Crippen molar-refractivity contribution in [1.82, 2.24) is 15.0 Å². The second kappa shape index (κ2) is 6.37. The molecule has 1 aliphatic heterocycles. The van der Waals surface area contributed by atoms with Crippen LogP contribution in [0.15, 0.2) is 0 Å². The van der Waals surface area contributed by atoms with Gasteiger partial charge in [0, 0.05) is 26.7 Å². The molecule has 0 spiro atoms. The highest BCUT2D eigenvalue weighted by atomic mass is 15.3. The molecule has 0 bridgehead atoms. The van der Waals surface area contributed by atoms with E-state index in [0.29, 0.717) is 11.9 Å². The van der Waals surface area contributed by atoms with Gasteiger partial charge in [0.25, 0.3) is 0 Å². The molecule has 18 heavy (non-hydrogen) atoms. The molecular weight excluding hydrogens is 228 g/mol. The van der Waals surface area contributed by atoms with Gasteiger partial charge in [-0.3, -0.25) is 0 Å². The van der Waals surface area contributed by atoms with E-state index in [-0.39, 0.29) is 0 Å². The van der Waals surface area contributed by atoms with Crippen LogP contribution in [0.3, 0.4) is 0 Å². The van der Waals surface area contributed by atoms with Crippen LogP contribution < -0.4 is 15.5 Å². The summed E-state index contributed by atoms with van der Waals surface area (Å²) in [5, 5.41) is 6.21. The summed E-state index contributed by atoms with van der Waals surface area (Å²) in [6, 6.07) is 0. The molecule has 0 aromatic carbocycles. The van der Waals surface area contributed by atoms with Crippen LogP contribution in [0.5, 0.6) is 0 Å². The number of piperidine rings is 1. The topological polar surface area (TPSA) is 66.0 Å². The molecule has 1 aromatic heterocycles. The lowest BCUT2D eigenvalue weighted by Gasteiger charge is -2.26. The van der Waals surface area contributed by atoms with Crippen molar-refractivity contribution in [2.45, 2.75) is 32.6 Å². The molecule has 2 rings (SSSR count). The molecule has 6 nitrogen and oxygen atoms in total. The summed E-state index contributed by atoms with van der Waals surface area (Å²) in [6.45, 7) is 5.09. The smallest absolute Gasteiger partial charge is 0.231 e. The third-order valence-corrected chi connectivity index (χ3v) is 3.02. The largest absolute Gasteiger partial charge is 0.357 e. The van der Waals surface area contributed by atoms with Gasteiger partial charge in [-0.25, -0.2) is 0 Å². The number of nitrogens with zero attached hydrogens (tertiary/aromatic N) is 4. The average Bonchev–Trinajstić information content (AvgIpc) is 2.45. The Labute approximate surface area is 108 Å². The zero-order chi connectivity index (χ0) is 12.8. The Balaban J connectivity index is 2.16. The maximum atomic E-state index is 4.50. The standard InChI is InChI=1S/C12H22N6/c1-3-7-14-11-15-10(13-2)16-12(17-11)18-8-5-4-6-9-18/h3-9H2,1-2H3,(H2,13,14,15,16,17). The lowest BCUT2D eigenvalue weighted by atomic mass is 10.1. The van der Waals surface area contributed by atoms with E-state index in [0.717, 1.165) is 32.0 Å². The number of hydrogen-bond donors (Lipinski definition) is 2. The Morgan fingerprint density at radius 1 is 1.06 bits per heavy atom. The Morgan fingerprint density at radius 2 is 1.78 bits per heavy atom. The van der Waals surface area contributed by atoms with E-state index in [4.69, 9.17) is 0 Å². The van der Waals surface area contributed by atoms with Crippen molar-refractivity contribution in [3.05, 3.63) is 0 Å². The maximum Gasteiger partial charge on any atom is 0.231 e. The van der Waals surface area contributed by atoms with Crippen molar-refractivity contribution in [2.75, 3.05) is 42.2 Å². The van der Waals surface area contributed by atoms with Crippen LogP contribution in [0.1, 0.15) is 32.6 Å². The molecule has 1 aromatic rings. The zero-order valence-corrected chi connectivity index (χ0v) is 11.2. The first-order valence-electron chi connectivity index (χ1n) is 6.76. The summed E-state index contributed by atoms with van der Waals surface area (Å²) >= 11 is 0. The van der Waals surface area contributed by atoms with Gasteiger partial charge in [-0.15, -0.1) is 0 Å². The van der Waals surface area contributed by atoms with Crippen LogP contribution in [-0.4, -0.2) is 41.6 Å². The second-order valence-corrected chi connectivity index (χ2v) is 4.51. The number of aromatic nitrogens is 3. The van der Waals surface area contributed by atoms with Gasteiger partial charge in [0.15, 0.2) is 0 Å². The lowest BCUT2D eigenvalue weighted by Crippen LogP contribution is -2.31. The van der Waals surface area contributed by atoms with E-state index < -0.39 is 0 Å². The number of hydrogen-bond acceptors (Lipinski definition) is 6. The van der Waals surface area contributed by atoms with Gasteiger partial charge in [-0.2, -0.15) is 15.0 Å². The van der Waals surface area contributed by atoms with E-state index in [2.05, 4.69) is 37.4 Å². The minimum atomic E-state index is 0.629. The van der Waals surface area contributed by atoms with E-state index in [1.54, 1.807) is 0 Å². The van der Waals surface area contributed by atoms with Crippen LogP contribution >= 0.6 is 0 Å². The molecule has 0 atom stereocenters. The van der Waals surface area contributed by atoms with Crippen molar-refractivity contribution in [1.29, 1.82) is 0 Å².